The van der Waals surface area contributed by atoms with Crippen LogP contribution in [-0.4, -0.2) is 20.7 Å². The van der Waals surface area contributed by atoms with Gasteiger partial charge < -0.3 is 4.98 Å². The SMILES string of the molecule is c1ccc(/C(=N\Nc2nc3ccccc3[nH]2)c2ccncc2)cc1. The predicted octanol–water partition coefficient (Wildman–Crippen LogP) is 3.82. The van der Waals surface area contributed by atoms with E-state index in [1.165, 1.54) is 0 Å². The van der Waals surface area contributed by atoms with Crippen LogP contribution in [0.3, 0.4) is 0 Å². The van der Waals surface area contributed by atoms with Crippen molar-refractivity contribution in [2.75, 3.05) is 5.43 Å². The monoisotopic (exact) mass is 313 g/mol. The van der Waals surface area contributed by atoms with Crippen molar-refractivity contribution in [2.24, 2.45) is 5.10 Å². The minimum atomic E-state index is 0.610. The number of imidazole rings is 1. The highest BCUT2D eigenvalue weighted by molar-refractivity contribution is 6.13. The quantitative estimate of drug-likeness (QED) is 0.444. The zero-order valence-corrected chi connectivity index (χ0v) is 12.8. The van der Waals surface area contributed by atoms with E-state index in [0.29, 0.717) is 5.95 Å². The van der Waals surface area contributed by atoms with Crippen molar-refractivity contribution in [1.29, 1.82) is 0 Å². The molecule has 2 aromatic heterocycles. The second-order valence-corrected chi connectivity index (χ2v) is 5.28. The van der Waals surface area contributed by atoms with Gasteiger partial charge in [-0.2, -0.15) is 5.10 Å². The van der Waals surface area contributed by atoms with Crippen LogP contribution in [0.25, 0.3) is 11.0 Å². The molecule has 24 heavy (non-hydrogen) atoms. The van der Waals surface area contributed by atoms with Gasteiger partial charge in [-0.25, -0.2) is 10.4 Å². The summed E-state index contributed by atoms with van der Waals surface area (Å²) < 4.78 is 0. The van der Waals surface area contributed by atoms with Crippen molar-refractivity contribution in [3.05, 3.63) is 90.3 Å². The second-order valence-electron chi connectivity index (χ2n) is 5.28. The fraction of sp³-hybridized carbons (Fsp3) is 0. The molecule has 0 saturated carbocycles. The Morgan fingerprint density at radius 2 is 1.54 bits per heavy atom. The molecule has 0 spiro atoms. The number of rotatable bonds is 4. The van der Waals surface area contributed by atoms with Gasteiger partial charge in [0.2, 0.25) is 5.95 Å². The van der Waals surface area contributed by atoms with Gasteiger partial charge in [-0.1, -0.05) is 42.5 Å². The molecular formula is C19H15N5. The molecule has 4 aromatic rings. The van der Waals surface area contributed by atoms with Gasteiger partial charge in [0, 0.05) is 23.5 Å². The molecular weight excluding hydrogens is 298 g/mol. The summed E-state index contributed by atoms with van der Waals surface area (Å²) in [6.07, 6.45) is 3.52. The van der Waals surface area contributed by atoms with Crippen molar-refractivity contribution in [3.63, 3.8) is 0 Å². The molecule has 0 saturated heterocycles. The summed E-state index contributed by atoms with van der Waals surface area (Å²) in [5.74, 6) is 0.610. The van der Waals surface area contributed by atoms with Gasteiger partial charge in [-0.15, -0.1) is 0 Å². The highest BCUT2D eigenvalue weighted by atomic mass is 15.4. The lowest BCUT2D eigenvalue weighted by Gasteiger charge is -2.07. The Kier molecular flexibility index (Phi) is 3.73. The van der Waals surface area contributed by atoms with E-state index in [-0.39, 0.29) is 0 Å². The molecule has 0 amide bonds. The highest BCUT2D eigenvalue weighted by Crippen LogP contribution is 2.15. The van der Waals surface area contributed by atoms with E-state index in [1.54, 1.807) is 12.4 Å². The zero-order valence-electron chi connectivity index (χ0n) is 12.8. The lowest BCUT2D eigenvalue weighted by atomic mass is 10.0. The maximum absolute atomic E-state index is 4.57. The average molecular weight is 313 g/mol. The van der Waals surface area contributed by atoms with Crippen LogP contribution in [0.1, 0.15) is 11.1 Å². The first-order valence-electron chi connectivity index (χ1n) is 7.64. The number of hydrogen-bond acceptors (Lipinski definition) is 4. The molecule has 0 aliphatic heterocycles. The number of H-pyrrole nitrogens is 1. The standard InChI is InChI=1S/C19H15N5/c1-2-6-14(7-3-1)18(15-10-12-20-13-11-15)23-24-19-21-16-8-4-5-9-17(16)22-19/h1-13H,(H2,21,22,24)/b23-18+. The Bertz CT molecular complexity index is 900. The summed E-state index contributed by atoms with van der Waals surface area (Å²) in [5, 5.41) is 4.57. The number of hydrogen-bond donors (Lipinski definition) is 2. The molecule has 0 fully saturated rings. The van der Waals surface area contributed by atoms with Crippen LogP contribution in [0.15, 0.2) is 84.2 Å². The van der Waals surface area contributed by atoms with E-state index in [9.17, 15) is 0 Å². The average Bonchev–Trinajstić information content (AvgIpc) is 3.07. The first kappa shape index (κ1) is 14.1. The molecule has 2 aromatic carbocycles. The van der Waals surface area contributed by atoms with Crippen LogP contribution >= 0.6 is 0 Å². The number of pyridine rings is 1. The van der Waals surface area contributed by atoms with Gasteiger partial charge in [0.1, 0.15) is 0 Å². The van der Waals surface area contributed by atoms with Gasteiger partial charge in [-0.3, -0.25) is 4.98 Å². The van der Waals surface area contributed by atoms with Gasteiger partial charge >= 0.3 is 0 Å². The minimum absolute atomic E-state index is 0.610. The fourth-order valence-corrected chi connectivity index (χ4v) is 2.52. The lowest BCUT2D eigenvalue weighted by Crippen LogP contribution is -2.07. The predicted molar refractivity (Wildman–Crippen MR) is 96.0 cm³/mol. The van der Waals surface area contributed by atoms with E-state index < -0.39 is 0 Å². The summed E-state index contributed by atoms with van der Waals surface area (Å²) in [6.45, 7) is 0. The molecule has 2 N–H and O–H groups in total. The summed E-state index contributed by atoms with van der Waals surface area (Å²) >= 11 is 0. The van der Waals surface area contributed by atoms with Crippen LogP contribution in [0.2, 0.25) is 0 Å². The zero-order chi connectivity index (χ0) is 16.2. The molecule has 0 bridgehead atoms. The number of nitrogens with zero attached hydrogens (tertiary/aromatic N) is 3. The van der Waals surface area contributed by atoms with Crippen molar-refractivity contribution in [2.45, 2.75) is 0 Å². The highest BCUT2D eigenvalue weighted by Gasteiger charge is 2.07. The smallest absolute Gasteiger partial charge is 0.222 e. The number of nitrogens with one attached hydrogen (secondary N) is 2. The van der Waals surface area contributed by atoms with E-state index in [1.807, 2.05) is 66.7 Å². The van der Waals surface area contributed by atoms with Gasteiger partial charge in [0.25, 0.3) is 0 Å². The number of aromatic nitrogens is 3. The third-order valence-corrected chi connectivity index (χ3v) is 3.66. The first-order valence-corrected chi connectivity index (χ1v) is 7.64. The molecule has 0 radical (unpaired) electrons. The Morgan fingerprint density at radius 3 is 2.33 bits per heavy atom. The fourth-order valence-electron chi connectivity index (χ4n) is 2.52. The Morgan fingerprint density at radius 1 is 0.833 bits per heavy atom. The number of hydrazone groups is 1. The molecule has 4 rings (SSSR count). The topological polar surface area (TPSA) is 66.0 Å². The van der Waals surface area contributed by atoms with Crippen LogP contribution < -0.4 is 5.43 Å². The van der Waals surface area contributed by atoms with E-state index in [0.717, 1.165) is 27.9 Å². The van der Waals surface area contributed by atoms with E-state index in [4.69, 9.17) is 0 Å². The number of benzene rings is 2. The maximum Gasteiger partial charge on any atom is 0.222 e. The van der Waals surface area contributed by atoms with Crippen molar-refractivity contribution in [3.8, 4) is 0 Å². The van der Waals surface area contributed by atoms with Crippen LogP contribution in [0, 0.1) is 0 Å². The Labute approximate surface area is 139 Å². The minimum Gasteiger partial charge on any atom is -0.323 e. The molecule has 0 atom stereocenters. The van der Waals surface area contributed by atoms with Gasteiger partial charge in [0.15, 0.2) is 0 Å². The third kappa shape index (κ3) is 2.87. The van der Waals surface area contributed by atoms with Crippen LogP contribution in [0.5, 0.6) is 0 Å². The normalized spacial score (nSPS) is 11.6. The largest absolute Gasteiger partial charge is 0.323 e. The summed E-state index contributed by atoms with van der Waals surface area (Å²) in [5.41, 5.74) is 7.75. The second kappa shape index (κ2) is 6.34. The Balaban J connectivity index is 1.71. The first-order chi connectivity index (χ1) is 11.9. The molecule has 2 heterocycles. The summed E-state index contributed by atoms with van der Waals surface area (Å²) in [6, 6.07) is 21.8. The number of para-hydroxylation sites is 2. The van der Waals surface area contributed by atoms with Gasteiger partial charge in [-0.05, 0) is 24.3 Å². The Hall–Kier alpha value is -3.47. The van der Waals surface area contributed by atoms with Crippen molar-refractivity contribution >= 4 is 22.7 Å². The van der Waals surface area contributed by atoms with E-state index in [2.05, 4.69) is 25.5 Å². The molecule has 5 nitrogen and oxygen atoms in total. The molecule has 0 aliphatic carbocycles. The van der Waals surface area contributed by atoms with Crippen LogP contribution in [0.4, 0.5) is 5.95 Å². The molecule has 5 heteroatoms. The number of fused-ring (bicyclic) bond motifs is 1. The number of aromatic amines is 1. The van der Waals surface area contributed by atoms with E-state index >= 15 is 0 Å². The third-order valence-electron chi connectivity index (χ3n) is 3.66. The summed E-state index contributed by atoms with van der Waals surface area (Å²) in [4.78, 5) is 11.8. The maximum atomic E-state index is 4.57. The molecule has 0 aliphatic rings. The van der Waals surface area contributed by atoms with Gasteiger partial charge in [0.05, 0.1) is 16.7 Å². The van der Waals surface area contributed by atoms with Crippen LogP contribution in [-0.2, 0) is 0 Å². The van der Waals surface area contributed by atoms with Crippen molar-refractivity contribution in [1.82, 2.24) is 15.0 Å². The van der Waals surface area contributed by atoms with Crippen molar-refractivity contribution < 1.29 is 0 Å². The summed E-state index contributed by atoms with van der Waals surface area (Å²) in [7, 11) is 0. The number of anilines is 1. The molecule has 116 valence electrons. The lowest BCUT2D eigenvalue weighted by molar-refractivity contribution is 1.20. The molecule has 0 unspecified atom stereocenters.